The Balaban J connectivity index is 2.25. The van der Waals surface area contributed by atoms with E-state index in [9.17, 15) is 0 Å². The van der Waals surface area contributed by atoms with Crippen molar-refractivity contribution in [2.24, 2.45) is 5.92 Å². The molecule has 0 saturated carbocycles. The monoisotopic (exact) mass is 255 g/mol. The second-order valence-electron chi connectivity index (χ2n) is 3.98. The van der Waals surface area contributed by atoms with E-state index in [1.165, 1.54) is 10.0 Å². The number of hydrogen-bond donors (Lipinski definition) is 1. The number of halogens is 1. The topological polar surface area (TPSA) is 12.0 Å². The van der Waals surface area contributed by atoms with Crippen LogP contribution in [0.15, 0.2) is 28.7 Å². The summed E-state index contributed by atoms with van der Waals surface area (Å²) in [7, 11) is 0. The molecule has 1 N–H and O–H groups in total. The second kappa shape index (κ2) is 6.20. The standard InChI is InChI=1S/C12H18BrN/c1-10(2)9-14-7-6-11-4-3-5-12(13)8-11/h3-5,8,10,14H,6-7,9H2,1-2H3. The van der Waals surface area contributed by atoms with Crippen LogP contribution in [0, 0.1) is 5.92 Å². The SMILES string of the molecule is CC(C)CNCCc1cccc(Br)c1. The van der Waals surface area contributed by atoms with Gasteiger partial charge in [-0.3, -0.25) is 0 Å². The quantitative estimate of drug-likeness (QED) is 0.797. The fraction of sp³-hybridized carbons (Fsp3) is 0.500. The summed E-state index contributed by atoms with van der Waals surface area (Å²) in [5.74, 6) is 0.734. The van der Waals surface area contributed by atoms with Gasteiger partial charge in [-0.15, -0.1) is 0 Å². The normalized spacial score (nSPS) is 10.9. The molecule has 0 aliphatic carbocycles. The molecule has 0 saturated heterocycles. The molecule has 1 nitrogen and oxygen atoms in total. The largest absolute Gasteiger partial charge is 0.316 e. The lowest BCUT2D eigenvalue weighted by Gasteiger charge is -2.07. The molecule has 0 aliphatic rings. The predicted molar refractivity (Wildman–Crippen MR) is 65.6 cm³/mol. The lowest BCUT2D eigenvalue weighted by atomic mass is 10.1. The maximum atomic E-state index is 3.47. The third-order valence-corrected chi connectivity index (χ3v) is 2.53. The van der Waals surface area contributed by atoms with E-state index in [-0.39, 0.29) is 0 Å². The summed E-state index contributed by atoms with van der Waals surface area (Å²) in [6.07, 6.45) is 1.10. The first-order chi connectivity index (χ1) is 6.68. The Morgan fingerprint density at radius 3 is 2.79 bits per heavy atom. The molecule has 0 fully saturated rings. The van der Waals surface area contributed by atoms with Gasteiger partial charge in [0, 0.05) is 4.47 Å². The number of hydrogen-bond acceptors (Lipinski definition) is 1. The maximum Gasteiger partial charge on any atom is 0.0178 e. The lowest BCUT2D eigenvalue weighted by Crippen LogP contribution is -2.22. The minimum Gasteiger partial charge on any atom is -0.316 e. The molecule has 78 valence electrons. The summed E-state index contributed by atoms with van der Waals surface area (Å²) >= 11 is 3.47. The zero-order valence-electron chi connectivity index (χ0n) is 8.89. The summed E-state index contributed by atoms with van der Waals surface area (Å²) < 4.78 is 1.17. The molecular formula is C12H18BrN. The first kappa shape index (κ1) is 11.7. The molecule has 14 heavy (non-hydrogen) atoms. The Labute approximate surface area is 95.0 Å². The van der Waals surface area contributed by atoms with Crippen molar-refractivity contribution in [1.29, 1.82) is 0 Å². The molecule has 0 aromatic heterocycles. The van der Waals surface area contributed by atoms with E-state index in [1.807, 2.05) is 0 Å². The van der Waals surface area contributed by atoms with Gasteiger partial charge in [0.2, 0.25) is 0 Å². The molecule has 0 aliphatic heterocycles. The maximum absolute atomic E-state index is 3.47. The highest BCUT2D eigenvalue weighted by Crippen LogP contribution is 2.11. The van der Waals surface area contributed by atoms with E-state index in [0.717, 1.165) is 25.4 Å². The van der Waals surface area contributed by atoms with Crippen molar-refractivity contribution in [2.45, 2.75) is 20.3 Å². The van der Waals surface area contributed by atoms with Crippen molar-refractivity contribution >= 4 is 15.9 Å². The van der Waals surface area contributed by atoms with Gasteiger partial charge in [0.05, 0.1) is 0 Å². The van der Waals surface area contributed by atoms with Crippen LogP contribution in [-0.2, 0) is 6.42 Å². The smallest absolute Gasteiger partial charge is 0.0178 e. The summed E-state index contributed by atoms with van der Waals surface area (Å²) in [6.45, 7) is 6.63. The molecule has 0 bridgehead atoms. The van der Waals surface area contributed by atoms with E-state index in [2.05, 4.69) is 59.4 Å². The Morgan fingerprint density at radius 1 is 1.36 bits per heavy atom. The van der Waals surface area contributed by atoms with Gasteiger partial charge in [-0.2, -0.15) is 0 Å². The predicted octanol–water partition coefficient (Wildman–Crippen LogP) is 3.24. The van der Waals surface area contributed by atoms with Crippen molar-refractivity contribution in [3.8, 4) is 0 Å². The van der Waals surface area contributed by atoms with Gasteiger partial charge in [0.25, 0.3) is 0 Å². The zero-order valence-corrected chi connectivity index (χ0v) is 10.5. The summed E-state index contributed by atoms with van der Waals surface area (Å²) in [5.41, 5.74) is 1.38. The molecule has 1 rings (SSSR count). The van der Waals surface area contributed by atoms with Crippen LogP contribution in [0.4, 0.5) is 0 Å². The lowest BCUT2D eigenvalue weighted by molar-refractivity contribution is 0.554. The number of rotatable bonds is 5. The molecule has 0 atom stereocenters. The first-order valence-electron chi connectivity index (χ1n) is 5.13. The summed E-state index contributed by atoms with van der Waals surface area (Å²) in [6, 6.07) is 8.49. The second-order valence-corrected chi connectivity index (χ2v) is 4.89. The highest BCUT2D eigenvalue weighted by atomic mass is 79.9. The molecule has 0 radical (unpaired) electrons. The van der Waals surface area contributed by atoms with Gasteiger partial charge in [0.1, 0.15) is 0 Å². The van der Waals surface area contributed by atoms with Crippen LogP contribution in [0.25, 0.3) is 0 Å². The number of benzene rings is 1. The summed E-state index contributed by atoms with van der Waals surface area (Å²) in [4.78, 5) is 0. The van der Waals surface area contributed by atoms with Crippen LogP contribution in [0.2, 0.25) is 0 Å². The first-order valence-corrected chi connectivity index (χ1v) is 5.93. The van der Waals surface area contributed by atoms with Gasteiger partial charge in [-0.25, -0.2) is 0 Å². The molecule has 0 spiro atoms. The van der Waals surface area contributed by atoms with Crippen LogP contribution >= 0.6 is 15.9 Å². The molecule has 2 heteroatoms. The zero-order chi connectivity index (χ0) is 10.4. The minimum atomic E-state index is 0.734. The van der Waals surface area contributed by atoms with Crippen molar-refractivity contribution in [3.63, 3.8) is 0 Å². The third kappa shape index (κ3) is 4.77. The average molecular weight is 256 g/mol. The van der Waals surface area contributed by atoms with Crippen LogP contribution in [0.3, 0.4) is 0 Å². The van der Waals surface area contributed by atoms with Gasteiger partial charge in [0.15, 0.2) is 0 Å². The Kier molecular flexibility index (Phi) is 5.20. The van der Waals surface area contributed by atoms with E-state index in [0.29, 0.717) is 0 Å². The van der Waals surface area contributed by atoms with Crippen LogP contribution < -0.4 is 5.32 Å². The molecule has 1 aromatic carbocycles. The van der Waals surface area contributed by atoms with Gasteiger partial charge < -0.3 is 5.32 Å². The molecule has 0 heterocycles. The van der Waals surface area contributed by atoms with Crippen LogP contribution in [0.5, 0.6) is 0 Å². The molecular weight excluding hydrogens is 238 g/mol. The Morgan fingerprint density at radius 2 is 2.14 bits per heavy atom. The Bertz CT molecular complexity index is 271. The molecule has 0 unspecified atom stereocenters. The highest BCUT2D eigenvalue weighted by Gasteiger charge is 1.95. The van der Waals surface area contributed by atoms with Crippen molar-refractivity contribution in [3.05, 3.63) is 34.3 Å². The van der Waals surface area contributed by atoms with Crippen LogP contribution in [0.1, 0.15) is 19.4 Å². The average Bonchev–Trinajstić information content (AvgIpc) is 2.12. The van der Waals surface area contributed by atoms with E-state index < -0.39 is 0 Å². The third-order valence-electron chi connectivity index (χ3n) is 2.03. The molecule has 0 amide bonds. The number of nitrogens with one attached hydrogen (secondary N) is 1. The summed E-state index contributed by atoms with van der Waals surface area (Å²) in [5, 5.41) is 3.44. The van der Waals surface area contributed by atoms with Gasteiger partial charge in [-0.05, 0) is 43.1 Å². The van der Waals surface area contributed by atoms with Crippen LogP contribution in [-0.4, -0.2) is 13.1 Å². The minimum absolute atomic E-state index is 0.734. The van der Waals surface area contributed by atoms with E-state index in [4.69, 9.17) is 0 Å². The van der Waals surface area contributed by atoms with E-state index in [1.54, 1.807) is 0 Å². The van der Waals surface area contributed by atoms with Gasteiger partial charge in [-0.1, -0.05) is 41.9 Å². The fourth-order valence-corrected chi connectivity index (χ4v) is 1.76. The highest BCUT2D eigenvalue weighted by molar-refractivity contribution is 9.10. The van der Waals surface area contributed by atoms with Crippen molar-refractivity contribution in [2.75, 3.05) is 13.1 Å². The molecule has 1 aromatic rings. The van der Waals surface area contributed by atoms with Crippen molar-refractivity contribution in [1.82, 2.24) is 5.32 Å². The van der Waals surface area contributed by atoms with E-state index >= 15 is 0 Å². The fourth-order valence-electron chi connectivity index (χ4n) is 1.32. The van der Waals surface area contributed by atoms with Crippen molar-refractivity contribution < 1.29 is 0 Å². The van der Waals surface area contributed by atoms with Gasteiger partial charge >= 0.3 is 0 Å². The Hall–Kier alpha value is -0.340.